The molecular formula is C30H38N4O5. The Hall–Kier alpha value is -3.43. The van der Waals surface area contributed by atoms with Crippen LogP contribution in [0.2, 0.25) is 0 Å². The first-order valence-electron chi connectivity index (χ1n) is 13.6. The van der Waals surface area contributed by atoms with Crippen LogP contribution in [0.3, 0.4) is 0 Å². The van der Waals surface area contributed by atoms with E-state index in [1.54, 1.807) is 32.4 Å². The third-order valence-electron chi connectivity index (χ3n) is 8.69. The van der Waals surface area contributed by atoms with Crippen molar-refractivity contribution >= 4 is 17.8 Å². The zero-order chi connectivity index (χ0) is 27.9. The Balaban J connectivity index is 1.47. The molecule has 1 fully saturated rings. The fraction of sp³-hybridized carbons (Fsp3) is 0.500. The predicted octanol–water partition coefficient (Wildman–Crippen LogP) is 3.88. The highest BCUT2D eigenvalue weighted by molar-refractivity contribution is 6.00. The second-order valence-corrected chi connectivity index (χ2v) is 11.0. The molecule has 0 spiro atoms. The molecular weight excluding hydrogens is 496 g/mol. The highest BCUT2D eigenvalue weighted by Gasteiger charge is 2.54. The number of carbonyl (C=O) groups excluding carboxylic acids is 2. The van der Waals surface area contributed by atoms with E-state index in [2.05, 4.69) is 16.7 Å². The zero-order valence-electron chi connectivity index (χ0n) is 23.3. The Labute approximate surface area is 229 Å². The van der Waals surface area contributed by atoms with Crippen LogP contribution in [0, 0.1) is 5.41 Å². The molecule has 0 radical (unpaired) electrons. The molecule has 0 aromatic heterocycles. The second-order valence-electron chi connectivity index (χ2n) is 11.0. The van der Waals surface area contributed by atoms with E-state index < -0.39 is 17.2 Å². The molecule has 4 atom stereocenters. The SMILES string of the molecule is CCC1(CC)CC(=O)N([C@H]2c3cc(C(=O)N[C@@H]4c5ccccc5C[C@H]4OC)ccc3O[C@@]2(C)COC)C(=N)N1. The van der Waals surface area contributed by atoms with Crippen LogP contribution in [-0.4, -0.2) is 60.7 Å². The van der Waals surface area contributed by atoms with Crippen LogP contribution in [0.25, 0.3) is 0 Å². The predicted molar refractivity (Wildman–Crippen MR) is 147 cm³/mol. The summed E-state index contributed by atoms with van der Waals surface area (Å²) in [5, 5.41) is 15.3. The Morgan fingerprint density at radius 2 is 1.92 bits per heavy atom. The van der Waals surface area contributed by atoms with Crippen LogP contribution in [0.15, 0.2) is 42.5 Å². The third-order valence-corrected chi connectivity index (χ3v) is 8.69. The molecule has 2 aromatic carbocycles. The van der Waals surface area contributed by atoms with E-state index in [1.165, 1.54) is 4.90 Å². The molecule has 3 aliphatic rings. The van der Waals surface area contributed by atoms with Crippen molar-refractivity contribution < 1.29 is 23.8 Å². The zero-order valence-corrected chi connectivity index (χ0v) is 23.3. The van der Waals surface area contributed by atoms with Crippen LogP contribution >= 0.6 is 0 Å². The minimum Gasteiger partial charge on any atom is -0.482 e. The van der Waals surface area contributed by atoms with Crippen LogP contribution in [0.4, 0.5) is 0 Å². The lowest BCUT2D eigenvalue weighted by molar-refractivity contribution is -0.137. The van der Waals surface area contributed by atoms with Gasteiger partial charge in [0.15, 0.2) is 11.6 Å². The van der Waals surface area contributed by atoms with Crippen LogP contribution in [-0.2, 0) is 20.7 Å². The van der Waals surface area contributed by atoms with E-state index >= 15 is 0 Å². The quantitative estimate of drug-likeness (QED) is 0.474. The number of fused-ring (bicyclic) bond motifs is 2. The van der Waals surface area contributed by atoms with Gasteiger partial charge in [0.05, 0.1) is 25.2 Å². The van der Waals surface area contributed by atoms with E-state index in [0.29, 0.717) is 16.9 Å². The molecule has 1 aliphatic carbocycles. The molecule has 9 nitrogen and oxygen atoms in total. The fourth-order valence-electron chi connectivity index (χ4n) is 6.42. The topological polar surface area (TPSA) is 113 Å². The van der Waals surface area contributed by atoms with Gasteiger partial charge < -0.3 is 24.8 Å². The highest BCUT2D eigenvalue weighted by atomic mass is 16.5. The first-order chi connectivity index (χ1) is 18.7. The maximum Gasteiger partial charge on any atom is 0.251 e. The summed E-state index contributed by atoms with van der Waals surface area (Å²) in [6.07, 6.45) is 2.31. The summed E-state index contributed by atoms with van der Waals surface area (Å²) >= 11 is 0. The summed E-state index contributed by atoms with van der Waals surface area (Å²) in [5.41, 5.74) is 1.96. The highest BCUT2D eigenvalue weighted by Crippen LogP contribution is 2.48. The Morgan fingerprint density at radius 1 is 1.18 bits per heavy atom. The van der Waals surface area contributed by atoms with Gasteiger partial charge in [0.2, 0.25) is 5.91 Å². The number of nitrogens with zero attached hydrogens (tertiary/aromatic N) is 1. The normalized spacial score (nSPS) is 27.0. The number of hydrogen-bond donors (Lipinski definition) is 3. The molecule has 9 heteroatoms. The van der Waals surface area contributed by atoms with E-state index in [9.17, 15) is 9.59 Å². The van der Waals surface area contributed by atoms with Gasteiger partial charge in [-0.1, -0.05) is 38.1 Å². The van der Waals surface area contributed by atoms with Gasteiger partial charge >= 0.3 is 0 Å². The average molecular weight is 535 g/mol. The molecule has 1 saturated heterocycles. The Kier molecular flexibility index (Phi) is 7.15. The third kappa shape index (κ3) is 4.57. The van der Waals surface area contributed by atoms with Gasteiger partial charge in [-0.3, -0.25) is 19.9 Å². The summed E-state index contributed by atoms with van der Waals surface area (Å²) in [7, 11) is 3.24. The lowest BCUT2D eigenvalue weighted by Gasteiger charge is -2.46. The van der Waals surface area contributed by atoms with Crippen LogP contribution < -0.4 is 15.4 Å². The molecule has 2 heterocycles. The largest absolute Gasteiger partial charge is 0.482 e. The van der Waals surface area contributed by atoms with Crippen molar-refractivity contribution in [2.45, 2.75) is 75.8 Å². The number of hydrogen-bond acceptors (Lipinski definition) is 6. The van der Waals surface area contributed by atoms with Gasteiger partial charge in [0, 0.05) is 37.3 Å². The number of guanidine groups is 1. The summed E-state index contributed by atoms with van der Waals surface area (Å²) < 4.78 is 17.6. The summed E-state index contributed by atoms with van der Waals surface area (Å²) in [6.45, 7) is 6.13. The van der Waals surface area contributed by atoms with Crippen molar-refractivity contribution in [1.82, 2.24) is 15.5 Å². The van der Waals surface area contributed by atoms with Crippen LogP contribution in [0.1, 0.15) is 79.2 Å². The number of rotatable bonds is 8. The van der Waals surface area contributed by atoms with E-state index in [1.807, 2.05) is 39.0 Å². The van der Waals surface area contributed by atoms with Crippen molar-refractivity contribution in [2.75, 3.05) is 20.8 Å². The van der Waals surface area contributed by atoms with Gasteiger partial charge in [0.1, 0.15) is 11.8 Å². The van der Waals surface area contributed by atoms with Gasteiger partial charge in [-0.25, -0.2) is 0 Å². The van der Waals surface area contributed by atoms with Crippen molar-refractivity contribution in [1.29, 1.82) is 5.41 Å². The fourth-order valence-corrected chi connectivity index (χ4v) is 6.42. The van der Waals surface area contributed by atoms with Crippen molar-refractivity contribution in [3.63, 3.8) is 0 Å². The lowest BCUT2D eigenvalue weighted by Crippen LogP contribution is -2.65. The molecule has 39 heavy (non-hydrogen) atoms. The number of nitrogens with one attached hydrogen (secondary N) is 3. The lowest BCUT2D eigenvalue weighted by atomic mass is 9.84. The van der Waals surface area contributed by atoms with Gasteiger partial charge in [0.25, 0.3) is 5.91 Å². The Morgan fingerprint density at radius 3 is 2.59 bits per heavy atom. The number of ether oxygens (including phenoxy) is 3. The maximum absolute atomic E-state index is 13.6. The molecule has 5 rings (SSSR count). The monoisotopic (exact) mass is 534 g/mol. The second kappa shape index (κ2) is 10.3. The molecule has 0 bridgehead atoms. The maximum atomic E-state index is 13.6. The molecule has 208 valence electrons. The number of methoxy groups -OCH3 is 2. The Bertz CT molecular complexity index is 1270. The van der Waals surface area contributed by atoms with Crippen molar-refractivity contribution in [2.24, 2.45) is 0 Å². The number of carbonyl (C=O) groups is 2. The summed E-state index contributed by atoms with van der Waals surface area (Å²) in [4.78, 5) is 28.7. The first kappa shape index (κ1) is 27.1. The molecule has 3 N–H and O–H groups in total. The average Bonchev–Trinajstić information content (AvgIpc) is 3.42. The molecule has 0 saturated carbocycles. The molecule has 2 aromatic rings. The smallest absolute Gasteiger partial charge is 0.251 e. The standard InChI is InChI=1S/C30H38N4O5/c1-6-30(7-2)16-24(35)34(28(31)33-30)26-21-14-19(12-13-22(21)39-29(26,3)17-37-4)27(36)32-25-20-11-9-8-10-18(20)15-23(25)38-5/h8-14,23,25-26H,6-7,15-17H2,1-5H3,(H2,31,33)(H,32,36)/t23-,25-,26+,29+/m1/s1. The van der Waals surface area contributed by atoms with Crippen molar-refractivity contribution in [3.05, 3.63) is 64.7 Å². The number of amides is 2. The first-order valence-corrected chi connectivity index (χ1v) is 13.6. The molecule has 0 unspecified atom stereocenters. The van der Waals surface area contributed by atoms with Gasteiger partial charge in [-0.05, 0) is 49.1 Å². The van der Waals surface area contributed by atoms with Gasteiger partial charge in [-0.2, -0.15) is 0 Å². The minimum absolute atomic E-state index is 0.0408. The van der Waals surface area contributed by atoms with Gasteiger partial charge in [-0.15, -0.1) is 0 Å². The van der Waals surface area contributed by atoms with Crippen LogP contribution in [0.5, 0.6) is 5.75 Å². The van der Waals surface area contributed by atoms with E-state index in [4.69, 9.17) is 19.6 Å². The molecule has 2 amide bonds. The van der Waals surface area contributed by atoms with Crippen molar-refractivity contribution in [3.8, 4) is 5.75 Å². The summed E-state index contributed by atoms with van der Waals surface area (Å²) in [6, 6.07) is 12.4. The minimum atomic E-state index is -0.945. The van der Waals surface area contributed by atoms with E-state index in [-0.39, 0.29) is 42.9 Å². The van der Waals surface area contributed by atoms with E-state index in [0.717, 1.165) is 30.4 Å². The number of benzene rings is 2. The molecule has 2 aliphatic heterocycles. The summed E-state index contributed by atoms with van der Waals surface area (Å²) in [5.74, 6) is 0.223.